The molecule has 2 aromatic rings. The minimum atomic E-state index is -0.630. The van der Waals surface area contributed by atoms with Crippen LogP contribution in [-0.4, -0.2) is 10.7 Å². The average molecular weight is 309 g/mol. The minimum absolute atomic E-state index is 0.00588. The van der Waals surface area contributed by atoms with Crippen LogP contribution < -0.4 is 0 Å². The van der Waals surface area contributed by atoms with Crippen molar-refractivity contribution in [3.63, 3.8) is 0 Å². The Balaban J connectivity index is 2.46. The van der Waals surface area contributed by atoms with E-state index in [2.05, 4.69) is 0 Å². The Labute approximate surface area is 122 Å². The van der Waals surface area contributed by atoms with Crippen LogP contribution in [0.3, 0.4) is 0 Å². The highest BCUT2D eigenvalue weighted by atomic mass is 32.2. The van der Waals surface area contributed by atoms with Crippen LogP contribution in [0.2, 0.25) is 0 Å². The third kappa shape index (κ3) is 3.43. The number of halogens is 2. The zero-order chi connectivity index (χ0) is 15.6. The molecule has 0 N–H and O–H groups in total. The van der Waals surface area contributed by atoms with Crippen molar-refractivity contribution in [2.75, 3.05) is 0 Å². The molecule has 108 valence electrons. The Morgan fingerprint density at radius 1 is 1.14 bits per heavy atom. The lowest BCUT2D eigenvalue weighted by atomic mass is 10.1. The summed E-state index contributed by atoms with van der Waals surface area (Å²) < 4.78 is 26.8. The summed E-state index contributed by atoms with van der Waals surface area (Å²) in [6, 6.07) is 6.67. The molecule has 0 heterocycles. The molecular formula is C14H9F2NO3S. The lowest BCUT2D eigenvalue weighted by molar-refractivity contribution is -0.384. The first-order valence-electron chi connectivity index (χ1n) is 5.81. The summed E-state index contributed by atoms with van der Waals surface area (Å²) in [5, 5.41) is 10.7. The van der Waals surface area contributed by atoms with Crippen LogP contribution in [0.1, 0.15) is 17.3 Å². The topological polar surface area (TPSA) is 60.2 Å². The van der Waals surface area contributed by atoms with Crippen LogP contribution in [0.15, 0.2) is 46.2 Å². The largest absolute Gasteiger partial charge is 0.294 e. The van der Waals surface area contributed by atoms with Gasteiger partial charge in [0.2, 0.25) is 0 Å². The number of Topliss-reactive ketones (excluding diaryl/α,β-unsaturated/α-hetero) is 1. The fraction of sp³-hybridized carbons (Fsp3) is 0.0714. The highest BCUT2D eigenvalue weighted by molar-refractivity contribution is 7.99. The molecule has 0 fully saturated rings. The number of non-ortho nitro benzene ring substituents is 1. The predicted octanol–water partition coefficient (Wildman–Crippen LogP) is 4.23. The van der Waals surface area contributed by atoms with Gasteiger partial charge < -0.3 is 0 Å². The fourth-order valence-electron chi connectivity index (χ4n) is 1.67. The molecular weight excluding hydrogens is 300 g/mol. The lowest BCUT2D eigenvalue weighted by Gasteiger charge is -2.07. The van der Waals surface area contributed by atoms with Crippen LogP contribution in [0, 0.1) is 21.7 Å². The molecule has 21 heavy (non-hydrogen) atoms. The third-order valence-corrected chi connectivity index (χ3v) is 3.78. The third-order valence-electron chi connectivity index (χ3n) is 2.67. The monoisotopic (exact) mass is 309 g/mol. The maximum Gasteiger partial charge on any atom is 0.270 e. The molecule has 0 radical (unpaired) electrons. The second-order valence-corrected chi connectivity index (χ2v) is 5.25. The number of hydrogen-bond acceptors (Lipinski definition) is 4. The first-order chi connectivity index (χ1) is 9.88. The van der Waals surface area contributed by atoms with Crippen molar-refractivity contribution in [2.24, 2.45) is 0 Å². The molecule has 2 rings (SSSR count). The maximum absolute atomic E-state index is 13.6. The number of rotatable bonds is 4. The van der Waals surface area contributed by atoms with Crippen molar-refractivity contribution >= 4 is 23.2 Å². The quantitative estimate of drug-likeness (QED) is 0.482. The van der Waals surface area contributed by atoms with E-state index in [0.29, 0.717) is 4.90 Å². The molecule has 0 aromatic heterocycles. The van der Waals surface area contributed by atoms with Crippen LogP contribution in [0.4, 0.5) is 14.5 Å². The summed E-state index contributed by atoms with van der Waals surface area (Å²) in [5.74, 6) is -1.63. The smallest absolute Gasteiger partial charge is 0.270 e. The van der Waals surface area contributed by atoms with E-state index in [1.165, 1.54) is 19.1 Å². The van der Waals surface area contributed by atoms with Gasteiger partial charge in [0.25, 0.3) is 5.69 Å². The molecule has 0 bridgehead atoms. The molecule has 0 saturated carbocycles. The first-order valence-corrected chi connectivity index (χ1v) is 6.62. The van der Waals surface area contributed by atoms with Gasteiger partial charge in [0.15, 0.2) is 5.78 Å². The normalized spacial score (nSPS) is 10.4. The molecule has 0 aliphatic rings. The van der Waals surface area contributed by atoms with Crippen molar-refractivity contribution in [1.82, 2.24) is 0 Å². The fourth-order valence-corrected chi connectivity index (χ4v) is 2.69. The van der Waals surface area contributed by atoms with Crippen LogP contribution in [0.5, 0.6) is 0 Å². The van der Waals surface area contributed by atoms with E-state index >= 15 is 0 Å². The zero-order valence-corrected chi connectivity index (χ0v) is 11.6. The van der Waals surface area contributed by atoms with Gasteiger partial charge in [-0.25, -0.2) is 8.78 Å². The number of hydrogen-bond donors (Lipinski definition) is 0. The van der Waals surface area contributed by atoms with Crippen molar-refractivity contribution in [1.29, 1.82) is 0 Å². The SMILES string of the molecule is CC(=O)c1cc([N+](=O)[O-])ccc1Sc1cc(F)ccc1F. The number of carbonyl (C=O) groups excluding carboxylic acids is 1. The Morgan fingerprint density at radius 3 is 2.48 bits per heavy atom. The van der Waals surface area contributed by atoms with Crippen molar-refractivity contribution in [2.45, 2.75) is 16.7 Å². The van der Waals surface area contributed by atoms with E-state index in [9.17, 15) is 23.7 Å². The van der Waals surface area contributed by atoms with Gasteiger partial charge in [-0.3, -0.25) is 14.9 Å². The summed E-state index contributed by atoms with van der Waals surface area (Å²) in [6.07, 6.45) is 0. The van der Waals surface area contributed by atoms with Crippen molar-refractivity contribution in [3.05, 3.63) is 63.7 Å². The summed E-state index contributed by atoms with van der Waals surface area (Å²) in [7, 11) is 0. The van der Waals surface area contributed by atoms with E-state index in [1.54, 1.807) is 0 Å². The van der Waals surface area contributed by atoms with Gasteiger partial charge in [-0.2, -0.15) is 0 Å². The molecule has 0 amide bonds. The van der Waals surface area contributed by atoms with Crippen molar-refractivity contribution < 1.29 is 18.5 Å². The highest BCUT2D eigenvalue weighted by Gasteiger charge is 2.16. The Bertz CT molecular complexity index is 734. The number of ketones is 1. The summed E-state index contributed by atoms with van der Waals surface area (Å²) in [6.45, 7) is 1.26. The van der Waals surface area contributed by atoms with Gasteiger partial charge in [0.1, 0.15) is 11.6 Å². The summed E-state index contributed by atoms with van der Waals surface area (Å²) in [5.41, 5.74) is -0.137. The molecule has 0 atom stereocenters. The number of carbonyl (C=O) groups is 1. The molecule has 2 aromatic carbocycles. The number of nitro benzene ring substituents is 1. The van der Waals surface area contributed by atoms with Crippen molar-refractivity contribution in [3.8, 4) is 0 Å². The van der Waals surface area contributed by atoms with Crippen LogP contribution in [-0.2, 0) is 0 Å². The summed E-state index contributed by atoms with van der Waals surface area (Å²) >= 11 is 0.845. The molecule has 4 nitrogen and oxygen atoms in total. The molecule has 0 aliphatic carbocycles. The van der Waals surface area contributed by atoms with Gasteiger partial charge in [-0.15, -0.1) is 0 Å². The van der Waals surface area contributed by atoms with Gasteiger partial charge in [-0.05, 0) is 31.2 Å². The first kappa shape index (κ1) is 15.1. The second-order valence-electron chi connectivity index (χ2n) is 4.17. The van der Waals surface area contributed by atoms with E-state index in [0.717, 1.165) is 36.0 Å². The number of benzene rings is 2. The second kappa shape index (κ2) is 6.01. The molecule has 0 saturated heterocycles. The average Bonchev–Trinajstić information content (AvgIpc) is 2.42. The zero-order valence-electron chi connectivity index (χ0n) is 10.8. The molecule has 0 spiro atoms. The minimum Gasteiger partial charge on any atom is -0.294 e. The van der Waals surface area contributed by atoms with E-state index in [4.69, 9.17) is 0 Å². The maximum atomic E-state index is 13.6. The van der Waals surface area contributed by atoms with E-state index < -0.39 is 22.3 Å². The Kier molecular flexibility index (Phi) is 4.32. The van der Waals surface area contributed by atoms with Gasteiger partial charge >= 0.3 is 0 Å². The Morgan fingerprint density at radius 2 is 1.86 bits per heavy atom. The molecule has 0 aliphatic heterocycles. The van der Waals surface area contributed by atoms with E-state index in [-0.39, 0.29) is 16.1 Å². The number of nitro groups is 1. The van der Waals surface area contributed by atoms with Gasteiger partial charge in [-0.1, -0.05) is 11.8 Å². The predicted molar refractivity (Wildman–Crippen MR) is 73.6 cm³/mol. The van der Waals surface area contributed by atoms with Gasteiger partial charge in [0, 0.05) is 22.6 Å². The highest BCUT2D eigenvalue weighted by Crippen LogP contribution is 2.34. The molecule has 7 heteroatoms. The number of nitrogens with zero attached hydrogens (tertiary/aromatic N) is 1. The lowest BCUT2D eigenvalue weighted by Crippen LogP contribution is -1.98. The van der Waals surface area contributed by atoms with Crippen LogP contribution in [0.25, 0.3) is 0 Å². The van der Waals surface area contributed by atoms with Gasteiger partial charge in [0.05, 0.1) is 9.82 Å². The summed E-state index contributed by atoms with van der Waals surface area (Å²) in [4.78, 5) is 22.0. The Hall–Kier alpha value is -2.28. The van der Waals surface area contributed by atoms with Crippen LogP contribution >= 0.6 is 11.8 Å². The van der Waals surface area contributed by atoms with E-state index in [1.807, 2.05) is 0 Å². The standard InChI is InChI=1S/C14H9F2NO3S/c1-8(18)11-7-10(17(19)20)3-5-13(11)21-14-6-9(15)2-4-12(14)16/h2-7H,1H3. The molecule has 0 unspecified atom stereocenters.